The molecule has 0 bridgehead atoms. The van der Waals surface area contributed by atoms with Crippen molar-refractivity contribution in [2.24, 2.45) is 10.9 Å². The summed E-state index contributed by atoms with van der Waals surface area (Å²) in [6.07, 6.45) is 1.14. The van der Waals surface area contributed by atoms with Crippen LogP contribution in [0.5, 0.6) is 5.75 Å². The van der Waals surface area contributed by atoms with Gasteiger partial charge in [0, 0.05) is 6.21 Å². The van der Waals surface area contributed by atoms with Crippen LogP contribution in [0, 0.1) is 17.2 Å². The van der Waals surface area contributed by atoms with E-state index in [4.69, 9.17) is 10.00 Å². The molecule has 27 heavy (non-hydrogen) atoms. The highest BCUT2D eigenvalue weighted by atomic mass is 16.5. The fraction of sp³-hybridized carbons (Fsp3) is 0.105. The molecular formula is C19H14N4O4. The van der Waals surface area contributed by atoms with Gasteiger partial charge in [0.05, 0.1) is 24.0 Å². The predicted octanol–water partition coefficient (Wildman–Crippen LogP) is 2.17. The van der Waals surface area contributed by atoms with Crippen molar-refractivity contribution in [1.82, 2.24) is 5.32 Å². The normalized spacial score (nSPS) is 17.0. The number of hydrogen-bond acceptors (Lipinski definition) is 6. The van der Waals surface area contributed by atoms with Gasteiger partial charge in [0.1, 0.15) is 11.8 Å². The van der Waals surface area contributed by atoms with Crippen LogP contribution in [0.2, 0.25) is 0 Å². The number of urea groups is 1. The maximum atomic E-state index is 12.7. The highest BCUT2D eigenvalue weighted by Gasteiger charge is 2.40. The number of ether oxygens (including phenoxy) is 1. The summed E-state index contributed by atoms with van der Waals surface area (Å²) >= 11 is 0. The molecular weight excluding hydrogens is 348 g/mol. The predicted molar refractivity (Wildman–Crippen MR) is 96.8 cm³/mol. The number of benzene rings is 2. The number of aliphatic imine (C=N–C) groups is 1. The Bertz CT molecular complexity index is 976. The summed E-state index contributed by atoms with van der Waals surface area (Å²) in [5.74, 6) is -2.23. The Kier molecular flexibility index (Phi) is 4.95. The molecule has 0 aliphatic carbocycles. The molecule has 2 aromatic carbocycles. The SMILES string of the molecule is COc1ccc(N2C(=O)NC(=O)[C@H](C=Nc3ccccc3C#N)C2=O)cc1. The molecule has 0 saturated carbocycles. The van der Waals surface area contributed by atoms with Gasteiger partial charge < -0.3 is 4.74 Å². The van der Waals surface area contributed by atoms with Crippen LogP contribution < -0.4 is 15.0 Å². The summed E-state index contributed by atoms with van der Waals surface area (Å²) in [7, 11) is 1.50. The van der Waals surface area contributed by atoms with Crippen molar-refractivity contribution in [1.29, 1.82) is 5.26 Å². The van der Waals surface area contributed by atoms with E-state index in [2.05, 4.69) is 10.3 Å². The molecule has 1 aliphatic rings. The summed E-state index contributed by atoms with van der Waals surface area (Å²) in [6.45, 7) is 0. The first kappa shape index (κ1) is 17.8. The number of nitriles is 1. The number of anilines is 1. The van der Waals surface area contributed by atoms with Gasteiger partial charge in [-0.3, -0.25) is 19.9 Å². The van der Waals surface area contributed by atoms with Gasteiger partial charge in [-0.2, -0.15) is 5.26 Å². The number of para-hydroxylation sites is 1. The van der Waals surface area contributed by atoms with Crippen molar-refractivity contribution in [2.75, 3.05) is 12.0 Å². The number of methoxy groups -OCH3 is 1. The standard InChI is InChI=1S/C19H14N4O4/c1-27-14-8-6-13(7-9-14)23-18(25)15(17(24)22-19(23)26)11-21-16-5-3-2-4-12(16)10-20/h2-9,11,15H,1H3,(H,22,24,26)/t15-/m0/s1. The van der Waals surface area contributed by atoms with Crippen LogP contribution in [0.3, 0.4) is 0 Å². The van der Waals surface area contributed by atoms with Crippen molar-refractivity contribution < 1.29 is 19.1 Å². The summed E-state index contributed by atoms with van der Waals surface area (Å²) in [4.78, 5) is 42.0. The molecule has 4 amide bonds. The molecule has 1 N–H and O–H groups in total. The average Bonchev–Trinajstić information content (AvgIpc) is 2.68. The van der Waals surface area contributed by atoms with E-state index in [-0.39, 0.29) is 0 Å². The molecule has 0 spiro atoms. The second-order valence-corrected chi connectivity index (χ2v) is 5.55. The van der Waals surface area contributed by atoms with Crippen LogP contribution in [0.15, 0.2) is 53.5 Å². The lowest BCUT2D eigenvalue weighted by atomic mass is 10.1. The minimum Gasteiger partial charge on any atom is -0.497 e. The molecule has 134 valence electrons. The van der Waals surface area contributed by atoms with E-state index in [1.54, 1.807) is 36.4 Å². The zero-order valence-corrected chi connectivity index (χ0v) is 14.2. The summed E-state index contributed by atoms with van der Waals surface area (Å²) in [5, 5.41) is 11.2. The van der Waals surface area contributed by atoms with E-state index in [0.29, 0.717) is 22.7 Å². The Balaban J connectivity index is 1.90. The van der Waals surface area contributed by atoms with Crippen molar-refractivity contribution in [2.45, 2.75) is 0 Å². The van der Waals surface area contributed by atoms with Crippen LogP contribution >= 0.6 is 0 Å². The maximum absolute atomic E-state index is 12.7. The number of barbiturate groups is 1. The molecule has 0 radical (unpaired) electrons. The summed E-state index contributed by atoms with van der Waals surface area (Å²) in [6, 6.07) is 13.9. The number of nitrogens with zero attached hydrogens (tertiary/aromatic N) is 3. The van der Waals surface area contributed by atoms with Gasteiger partial charge in [-0.05, 0) is 36.4 Å². The summed E-state index contributed by atoms with van der Waals surface area (Å²) in [5.41, 5.74) is 0.927. The van der Waals surface area contributed by atoms with Gasteiger partial charge in [-0.1, -0.05) is 12.1 Å². The molecule has 8 nitrogen and oxygen atoms in total. The molecule has 1 heterocycles. The lowest BCUT2D eigenvalue weighted by Crippen LogP contribution is -2.58. The monoisotopic (exact) mass is 362 g/mol. The lowest BCUT2D eigenvalue weighted by molar-refractivity contribution is -0.131. The number of carbonyl (C=O) groups excluding carboxylic acids is 3. The number of amides is 4. The fourth-order valence-corrected chi connectivity index (χ4v) is 2.53. The molecule has 0 unspecified atom stereocenters. The molecule has 0 aromatic heterocycles. The van der Waals surface area contributed by atoms with E-state index in [0.717, 1.165) is 11.1 Å². The largest absolute Gasteiger partial charge is 0.497 e. The smallest absolute Gasteiger partial charge is 0.335 e. The van der Waals surface area contributed by atoms with Crippen molar-refractivity contribution >= 4 is 35.4 Å². The van der Waals surface area contributed by atoms with Crippen molar-refractivity contribution in [3.8, 4) is 11.8 Å². The quantitative estimate of drug-likeness (QED) is 0.662. The first-order valence-electron chi connectivity index (χ1n) is 7.91. The minimum atomic E-state index is -1.29. The second-order valence-electron chi connectivity index (χ2n) is 5.55. The Morgan fingerprint density at radius 1 is 1.15 bits per heavy atom. The van der Waals surface area contributed by atoms with Gasteiger partial charge in [-0.25, -0.2) is 9.69 Å². The van der Waals surface area contributed by atoms with Crippen molar-refractivity contribution in [3.63, 3.8) is 0 Å². The van der Waals surface area contributed by atoms with E-state index in [9.17, 15) is 14.4 Å². The zero-order chi connectivity index (χ0) is 19.4. The summed E-state index contributed by atoms with van der Waals surface area (Å²) < 4.78 is 5.05. The molecule has 1 atom stereocenters. The Labute approximate surface area is 154 Å². The molecule has 8 heteroatoms. The molecule has 2 aromatic rings. The first-order valence-corrected chi connectivity index (χ1v) is 7.91. The second kappa shape index (κ2) is 7.49. The lowest BCUT2D eigenvalue weighted by Gasteiger charge is -2.28. The van der Waals surface area contributed by atoms with Crippen LogP contribution in [-0.2, 0) is 9.59 Å². The molecule has 3 rings (SSSR count). The number of imide groups is 2. The van der Waals surface area contributed by atoms with E-state index >= 15 is 0 Å². The highest BCUT2D eigenvalue weighted by Crippen LogP contribution is 2.24. The maximum Gasteiger partial charge on any atom is 0.335 e. The van der Waals surface area contributed by atoms with E-state index < -0.39 is 23.8 Å². The average molecular weight is 362 g/mol. The van der Waals surface area contributed by atoms with Crippen LogP contribution in [0.1, 0.15) is 5.56 Å². The Morgan fingerprint density at radius 2 is 1.85 bits per heavy atom. The minimum absolute atomic E-state index is 0.293. The number of rotatable bonds is 4. The number of hydrogen-bond donors (Lipinski definition) is 1. The molecule has 1 aliphatic heterocycles. The Hall–Kier alpha value is -3.99. The number of carbonyl (C=O) groups is 3. The van der Waals surface area contributed by atoms with Gasteiger partial charge in [0.25, 0.3) is 5.91 Å². The van der Waals surface area contributed by atoms with Gasteiger partial charge >= 0.3 is 6.03 Å². The molecule has 1 saturated heterocycles. The third-order valence-electron chi connectivity index (χ3n) is 3.92. The van der Waals surface area contributed by atoms with Crippen molar-refractivity contribution in [3.05, 3.63) is 54.1 Å². The van der Waals surface area contributed by atoms with Crippen LogP contribution in [0.25, 0.3) is 0 Å². The van der Waals surface area contributed by atoms with E-state index in [1.807, 2.05) is 6.07 Å². The van der Waals surface area contributed by atoms with Crippen LogP contribution in [0.4, 0.5) is 16.2 Å². The van der Waals surface area contributed by atoms with E-state index in [1.165, 1.54) is 19.2 Å². The number of nitrogens with one attached hydrogen (secondary N) is 1. The first-order chi connectivity index (χ1) is 13.0. The fourth-order valence-electron chi connectivity index (χ4n) is 2.53. The Morgan fingerprint density at radius 3 is 2.52 bits per heavy atom. The highest BCUT2D eigenvalue weighted by molar-refractivity contribution is 6.32. The van der Waals surface area contributed by atoms with Gasteiger partial charge in [0.2, 0.25) is 5.91 Å². The third kappa shape index (κ3) is 3.52. The van der Waals surface area contributed by atoms with Gasteiger partial charge in [-0.15, -0.1) is 0 Å². The zero-order valence-electron chi connectivity index (χ0n) is 14.2. The van der Waals surface area contributed by atoms with Crippen LogP contribution in [-0.4, -0.2) is 31.2 Å². The van der Waals surface area contributed by atoms with Gasteiger partial charge in [0.15, 0.2) is 5.92 Å². The third-order valence-corrected chi connectivity index (χ3v) is 3.92. The molecule has 1 fully saturated rings. The topological polar surface area (TPSA) is 112 Å².